The lowest BCUT2D eigenvalue weighted by Gasteiger charge is -2.33. The summed E-state index contributed by atoms with van der Waals surface area (Å²) in [5, 5.41) is 2.27. The summed E-state index contributed by atoms with van der Waals surface area (Å²) in [6, 6.07) is 6.57. The van der Waals surface area contributed by atoms with Crippen molar-refractivity contribution in [3.63, 3.8) is 0 Å². The fourth-order valence-corrected chi connectivity index (χ4v) is 2.74. The van der Waals surface area contributed by atoms with Crippen LogP contribution in [-0.2, 0) is 0 Å². The predicted molar refractivity (Wildman–Crippen MR) is 77.7 cm³/mol. The maximum atomic E-state index is 5.98. The lowest BCUT2D eigenvalue weighted by Crippen LogP contribution is -2.39. The number of rotatable bonds is 2. The number of fused-ring (bicyclic) bond motifs is 1. The molecule has 0 unspecified atom stereocenters. The quantitative estimate of drug-likeness (QED) is 0.896. The number of anilines is 1. The lowest BCUT2D eigenvalue weighted by atomic mass is 10.0. The van der Waals surface area contributed by atoms with Crippen molar-refractivity contribution in [1.82, 2.24) is 4.98 Å². The van der Waals surface area contributed by atoms with E-state index in [1.54, 1.807) is 7.11 Å². The van der Waals surface area contributed by atoms with Gasteiger partial charge in [-0.2, -0.15) is 0 Å². The van der Waals surface area contributed by atoms with Gasteiger partial charge in [-0.1, -0.05) is 0 Å². The molecule has 4 nitrogen and oxygen atoms in total. The van der Waals surface area contributed by atoms with Crippen LogP contribution < -0.4 is 15.4 Å². The van der Waals surface area contributed by atoms with E-state index in [0.717, 1.165) is 37.1 Å². The zero-order valence-electron chi connectivity index (χ0n) is 11.2. The Labute approximate surface area is 113 Å². The highest BCUT2D eigenvalue weighted by atomic mass is 16.5. The first-order chi connectivity index (χ1) is 9.29. The Bertz CT molecular complexity index is 577. The molecule has 1 aromatic carbocycles. The summed E-state index contributed by atoms with van der Waals surface area (Å²) in [6.45, 7) is 2.04. The minimum Gasteiger partial charge on any atom is -0.496 e. The first-order valence-corrected chi connectivity index (χ1v) is 6.71. The maximum Gasteiger partial charge on any atom is 0.128 e. The molecule has 2 heterocycles. The van der Waals surface area contributed by atoms with Gasteiger partial charge in [0, 0.05) is 48.0 Å². The summed E-state index contributed by atoms with van der Waals surface area (Å²) in [6.07, 6.45) is 5.81. The molecule has 1 fully saturated rings. The molecule has 1 aromatic heterocycles. The number of methoxy groups -OCH3 is 1. The average Bonchev–Trinajstić information content (AvgIpc) is 2.47. The van der Waals surface area contributed by atoms with Gasteiger partial charge in [-0.05, 0) is 31.0 Å². The topological polar surface area (TPSA) is 51.4 Å². The number of nitrogens with zero attached hydrogens (tertiary/aromatic N) is 2. The van der Waals surface area contributed by atoms with Gasteiger partial charge in [0.25, 0.3) is 0 Å². The molecular formula is C15H19N3O. The Balaban J connectivity index is 2.04. The third-order valence-corrected chi connectivity index (χ3v) is 3.86. The van der Waals surface area contributed by atoms with Crippen LogP contribution in [0, 0.1) is 0 Å². The van der Waals surface area contributed by atoms with Crippen LogP contribution in [0.1, 0.15) is 12.8 Å². The summed E-state index contributed by atoms with van der Waals surface area (Å²) >= 11 is 0. The van der Waals surface area contributed by atoms with E-state index >= 15 is 0 Å². The van der Waals surface area contributed by atoms with Crippen LogP contribution >= 0.6 is 0 Å². The van der Waals surface area contributed by atoms with Crippen LogP contribution in [0.25, 0.3) is 10.8 Å². The van der Waals surface area contributed by atoms with Crippen LogP contribution in [0.3, 0.4) is 0 Å². The lowest BCUT2D eigenvalue weighted by molar-refractivity contribution is 0.419. The largest absolute Gasteiger partial charge is 0.496 e. The fraction of sp³-hybridized carbons (Fsp3) is 0.400. The Morgan fingerprint density at radius 3 is 2.74 bits per heavy atom. The molecule has 2 N–H and O–H groups in total. The molecule has 0 atom stereocenters. The molecule has 100 valence electrons. The Hall–Kier alpha value is -1.81. The molecule has 0 aliphatic carbocycles. The minimum atomic E-state index is 0.349. The zero-order valence-corrected chi connectivity index (χ0v) is 11.2. The summed E-state index contributed by atoms with van der Waals surface area (Å²) in [4.78, 5) is 6.61. The number of benzene rings is 1. The molecule has 0 spiro atoms. The first-order valence-electron chi connectivity index (χ1n) is 6.71. The van der Waals surface area contributed by atoms with E-state index in [2.05, 4.69) is 22.0 Å². The van der Waals surface area contributed by atoms with Crippen LogP contribution in [0.5, 0.6) is 5.75 Å². The molecule has 0 bridgehead atoms. The van der Waals surface area contributed by atoms with Crippen molar-refractivity contribution in [3.8, 4) is 5.75 Å². The summed E-state index contributed by atoms with van der Waals surface area (Å²) in [5.74, 6) is 0.876. The van der Waals surface area contributed by atoms with Gasteiger partial charge in [-0.25, -0.2) is 0 Å². The number of aromatic nitrogens is 1. The van der Waals surface area contributed by atoms with Crippen molar-refractivity contribution in [3.05, 3.63) is 30.6 Å². The van der Waals surface area contributed by atoms with Crippen molar-refractivity contribution < 1.29 is 4.74 Å². The molecule has 1 saturated heterocycles. The highest BCUT2D eigenvalue weighted by Gasteiger charge is 2.18. The van der Waals surface area contributed by atoms with Gasteiger partial charge in [0.2, 0.25) is 0 Å². The molecule has 0 radical (unpaired) electrons. The van der Waals surface area contributed by atoms with Gasteiger partial charge < -0.3 is 15.4 Å². The molecular weight excluding hydrogens is 238 g/mol. The molecule has 3 rings (SSSR count). The van der Waals surface area contributed by atoms with Crippen molar-refractivity contribution in [2.45, 2.75) is 18.9 Å². The van der Waals surface area contributed by atoms with Gasteiger partial charge >= 0.3 is 0 Å². The van der Waals surface area contributed by atoms with Crippen molar-refractivity contribution in [1.29, 1.82) is 0 Å². The second kappa shape index (κ2) is 5.05. The van der Waals surface area contributed by atoms with Gasteiger partial charge in [0.05, 0.1) is 7.11 Å². The van der Waals surface area contributed by atoms with E-state index in [4.69, 9.17) is 10.5 Å². The van der Waals surface area contributed by atoms with Gasteiger partial charge in [-0.3, -0.25) is 4.98 Å². The van der Waals surface area contributed by atoms with Crippen LogP contribution in [-0.4, -0.2) is 31.2 Å². The molecule has 0 saturated carbocycles. The summed E-state index contributed by atoms with van der Waals surface area (Å²) in [5.41, 5.74) is 7.23. The monoisotopic (exact) mass is 257 g/mol. The highest BCUT2D eigenvalue weighted by Crippen LogP contribution is 2.34. The SMILES string of the molecule is COc1ccc(N2CCC(N)CC2)c2ccncc12. The molecule has 2 aromatic rings. The predicted octanol–water partition coefficient (Wildman–Crippen LogP) is 2.17. The van der Waals surface area contributed by atoms with E-state index in [1.807, 2.05) is 18.5 Å². The maximum absolute atomic E-state index is 5.98. The number of piperidine rings is 1. The van der Waals surface area contributed by atoms with E-state index < -0.39 is 0 Å². The number of ether oxygens (including phenoxy) is 1. The molecule has 1 aliphatic heterocycles. The zero-order chi connectivity index (χ0) is 13.2. The van der Waals surface area contributed by atoms with E-state index in [1.165, 1.54) is 11.1 Å². The van der Waals surface area contributed by atoms with E-state index in [9.17, 15) is 0 Å². The fourth-order valence-electron chi connectivity index (χ4n) is 2.74. The second-order valence-corrected chi connectivity index (χ2v) is 5.03. The Morgan fingerprint density at radius 1 is 1.21 bits per heavy atom. The normalized spacial score (nSPS) is 16.8. The third kappa shape index (κ3) is 2.24. The highest BCUT2D eigenvalue weighted by molar-refractivity contribution is 5.97. The molecule has 19 heavy (non-hydrogen) atoms. The minimum absolute atomic E-state index is 0.349. The van der Waals surface area contributed by atoms with Crippen molar-refractivity contribution in [2.75, 3.05) is 25.1 Å². The van der Waals surface area contributed by atoms with Crippen molar-refractivity contribution >= 4 is 16.5 Å². The standard InChI is InChI=1S/C15H19N3O/c1-19-15-3-2-14(12-4-7-17-10-13(12)15)18-8-5-11(16)6-9-18/h2-4,7,10-11H,5-6,8-9,16H2,1H3. The number of hydrogen-bond acceptors (Lipinski definition) is 4. The van der Waals surface area contributed by atoms with Crippen LogP contribution in [0.4, 0.5) is 5.69 Å². The first kappa shape index (κ1) is 12.2. The average molecular weight is 257 g/mol. The summed E-state index contributed by atoms with van der Waals surface area (Å²) in [7, 11) is 1.70. The third-order valence-electron chi connectivity index (χ3n) is 3.86. The van der Waals surface area contributed by atoms with E-state index in [-0.39, 0.29) is 0 Å². The molecule has 1 aliphatic rings. The number of nitrogens with two attached hydrogens (primary N) is 1. The van der Waals surface area contributed by atoms with Crippen molar-refractivity contribution in [2.24, 2.45) is 5.73 Å². The van der Waals surface area contributed by atoms with E-state index in [0.29, 0.717) is 6.04 Å². The number of pyridine rings is 1. The van der Waals surface area contributed by atoms with Gasteiger partial charge in [-0.15, -0.1) is 0 Å². The van der Waals surface area contributed by atoms with Gasteiger partial charge in [0.1, 0.15) is 5.75 Å². The van der Waals surface area contributed by atoms with Gasteiger partial charge in [0.15, 0.2) is 0 Å². The summed E-state index contributed by atoms with van der Waals surface area (Å²) < 4.78 is 5.41. The second-order valence-electron chi connectivity index (χ2n) is 5.03. The number of hydrogen-bond donors (Lipinski definition) is 1. The Morgan fingerprint density at radius 2 is 2.00 bits per heavy atom. The molecule has 4 heteroatoms. The van der Waals surface area contributed by atoms with Crippen LogP contribution in [0.2, 0.25) is 0 Å². The smallest absolute Gasteiger partial charge is 0.128 e. The Kier molecular flexibility index (Phi) is 3.25. The van der Waals surface area contributed by atoms with Crippen LogP contribution in [0.15, 0.2) is 30.6 Å². The molecule has 0 amide bonds.